The summed E-state index contributed by atoms with van der Waals surface area (Å²) in [4.78, 5) is 10.2. The lowest BCUT2D eigenvalue weighted by Gasteiger charge is -2.11. The number of guanidine groups is 1. The van der Waals surface area contributed by atoms with Gasteiger partial charge in [0.2, 0.25) is 0 Å². The summed E-state index contributed by atoms with van der Waals surface area (Å²) < 4.78 is 5.09. The van der Waals surface area contributed by atoms with Gasteiger partial charge >= 0.3 is 0 Å². The smallest absolute Gasteiger partial charge is 0.270 e. The van der Waals surface area contributed by atoms with Crippen molar-refractivity contribution < 1.29 is 9.77 Å². The van der Waals surface area contributed by atoms with Crippen LogP contribution in [0.4, 0.5) is 5.69 Å². The van der Waals surface area contributed by atoms with E-state index >= 15 is 0 Å². The highest BCUT2D eigenvalue weighted by molar-refractivity contribution is 5.92. The highest BCUT2D eigenvalue weighted by Gasteiger charge is 2.07. The summed E-state index contributed by atoms with van der Waals surface area (Å²) in [6, 6.07) is 5.20. The van der Waals surface area contributed by atoms with Gasteiger partial charge in [0.05, 0.1) is 7.11 Å². The molecule has 19 heavy (non-hydrogen) atoms. The van der Waals surface area contributed by atoms with Crippen LogP contribution in [-0.2, 0) is 6.42 Å². The van der Waals surface area contributed by atoms with Crippen LogP contribution in [0.15, 0.2) is 23.3 Å². The molecule has 0 saturated carbocycles. The molecular formula is C10H16ClN5O3. The number of halogens is 1. The number of nitrogens with one attached hydrogen (secondary N) is 1. The number of rotatable bonds is 5. The molecular weight excluding hydrogens is 274 g/mol. The molecule has 0 saturated heterocycles. The molecule has 0 aliphatic rings. The van der Waals surface area contributed by atoms with Crippen molar-refractivity contribution in [3.05, 3.63) is 33.9 Å². The number of nitro groups is 1. The first-order chi connectivity index (χ1) is 8.56. The fourth-order valence-corrected chi connectivity index (χ4v) is 1.43. The van der Waals surface area contributed by atoms with E-state index in [2.05, 4.69) is 10.4 Å². The van der Waals surface area contributed by atoms with Gasteiger partial charge in [0.25, 0.3) is 5.96 Å². The molecule has 0 aromatic heterocycles. The molecule has 0 bridgehead atoms. The summed E-state index contributed by atoms with van der Waals surface area (Å²) >= 11 is 0. The average Bonchev–Trinajstić information content (AvgIpc) is 2.30. The summed E-state index contributed by atoms with van der Waals surface area (Å²) in [6.45, 7) is 0.439. The maximum atomic E-state index is 10.2. The molecule has 0 radical (unpaired) electrons. The fraction of sp³-hybridized carbons (Fsp3) is 0.300. The van der Waals surface area contributed by atoms with Crippen molar-refractivity contribution in [1.82, 2.24) is 0 Å². The standard InChI is InChI=1S/C10H15N5O3.ClH/c1-18-8-2-3-9(7(6-8)4-5-11)13-10(12)14-15(16)17;/h2-3,6H,4-5,11H2,1H3,(H3,12,13,14);1H. The number of benzene rings is 1. The number of anilines is 1. The largest absolute Gasteiger partial charge is 0.497 e. The lowest BCUT2D eigenvalue weighted by molar-refractivity contribution is -0.485. The van der Waals surface area contributed by atoms with E-state index in [1.165, 1.54) is 0 Å². The monoisotopic (exact) mass is 289 g/mol. The van der Waals surface area contributed by atoms with Crippen molar-refractivity contribution in [3.63, 3.8) is 0 Å². The third-order valence-electron chi connectivity index (χ3n) is 2.18. The highest BCUT2D eigenvalue weighted by Crippen LogP contribution is 2.22. The number of hydrazone groups is 1. The number of hydrogen-bond acceptors (Lipinski definition) is 4. The van der Waals surface area contributed by atoms with Crippen molar-refractivity contribution in [1.29, 1.82) is 0 Å². The van der Waals surface area contributed by atoms with E-state index in [0.717, 1.165) is 5.56 Å². The lowest BCUT2D eigenvalue weighted by atomic mass is 10.1. The molecule has 0 heterocycles. The zero-order valence-electron chi connectivity index (χ0n) is 10.3. The van der Waals surface area contributed by atoms with E-state index < -0.39 is 5.03 Å². The summed E-state index contributed by atoms with van der Waals surface area (Å²) in [6.07, 6.45) is 0.589. The Balaban J connectivity index is 0.00000324. The quantitative estimate of drug-likeness (QED) is 0.314. The van der Waals surface area contributed by atoms with Gasteiger partial charge < -0.3 is 21.5 Å². The van der Waals surface area contributed by atoms with Gasteiger partial charge in [0, 0.05) is 5.69 Å². The number of ether oxygens (including phenoxy) is 1. The number of nitrogens with two attached hydrogens (primary N) is 2. The zero-order chi connectivity index (χ0) is 13.5. The molecule has 0 amide bonds. The highest BCUT2D eigenvalue weighted by atomic mass is 35.5. The van der Waals surface area contributed by atoms with E-state index in [0.29, 0.717) is 24.4 Å². The van der Waals surface area contributed by atoms with Crippen LogP contribution in [0.3, 0.4) is 0 Å². The first kappa shape index (κ1) is 16.9. The molecule has 9 heteroatoms. The Morgan fingerprint density at radius 3 is 2.79 bits per heavy atom. The molecule has 0 aliphatic heterocycles. The van der Waals surface area contributed by atoms with Gasteiger partial charge in [-0.05, 0) is 36.7 Å². The van der Waals surface area contributed by atoms with Crippen molar-refractivity contribution in [2.24, 2.45) is 16.6 Å². The lowest BCUT2D eigenvalue weighted by Crippen LogP contribution is -2.24. The molecule has 0 fully saturated rings. The molecule has 0 spiro atoms. The Labute approximate surface area is 116 Å². The van der Waals surface area contributed by atoms with Crippen LogP contribution in [0.25, 0.3) is 0 Å². The van der Waals surface area contributed by atoms with Crippen LogP contribution in [0.2, 0.25) is 0 Å². The van der Waals surface area contributed by atoms with Crippen molar-refractivity contribution >= 4 is 24.1 Å². The van der Waals surface area contributed by atoms with Crippen LogP contribution in [0.1, 0.15) is 5.56 Å². The number of methoxy groups -OCH3 is 1. The molecule has 1 aromatic rings. The summed E-state index contributed by atoms with van der Waals surface area (Å²) in [5, 5.41) is 14.9. The van der Waals surface area contributed by atoms with Crippen LogP contribution in [0.5, 0.6) is 5.75 Å². The minimum Gasteiger partial charge on any atom is -0.497 e. The van der Waals surface area contributed by atoms with E-state index in [1.807, 2.05) is 0 Å². The molecule has 1 aromatic carbocycles. The Morgan fingerprint density at radius 2 is 2.26 bits per heavy atom. The maximum Gasteiger partial charge on any atom is 0.270 e. The van der Waals surface area contributed by atoms with Gasteiger partial charge in [0.15, 0.2) is 5.03 Å². The molecule has 0 atom stereocenters. The third kappa shape index (κ3) is 5.40. The van der Waals surface area contributed by atoms with Crippen LogP contribution in [-0.4, -0.2) is 24.6 Å². The summed E-state index contributed by atoms with van der Waals surface area (Å²) in [5.74, 6) is 0.386. The second-order valence-electron chi connectivity index (χ2n) is 3.41. The van der Waals surface area contributed by atoms with E-state index in [-0.39, 0.29) is 18.4 Å². The SMILES string of the molecule is COc1ccc(NC(N)=N[N+](=O)[O-])c(CCN)c1.Cl. The first-order valence-corrected chi connectivity index (χ1v) is 5.19. The van der Waals surface area contributed by atoms with Gasteiger partial charge in [-0.2, -0.15) is 0 Å². The van der Waals surface area contributed by atoms with Gasteiger partial charge in [-0.3, -0.25) is 0 Å². The van der Waals surface area contributed by atoms with Crippen LogP contribution < -0.4 is 21.5 Å². The molecule has 5 N–H and O–H groups in total. The Kier molecular flexibility index (Phi) is 7.23. The van der Waals surface area contributed by atoms with E-state index in [9.17, 15) is 10.1 Å². The Bertz CT molecular complexity index is 466. The number of nitrogens with zero attached hydrogens (tertiary/aromatic N) is 2. The average molecular weight is 290 g/mol. The minimum atomic E-state index is -0.867. The molecule has 0 aliphatic carbocycles. The summed E-state index contributed by atoms with van der Waals surface area (Å²) in [5.41, 5.74) is 12.3. The van der Waals surface area contributed by atoms with Crippen LogP contribution in [0, 0.1) is 10.1 Å². The Morgan fingerprint density at radius 1 is 1.58 bits per heavy atom. The molecule has 1 rings (SSSR count). The second-order valence-corrected chi connectivity index (χ2v) is 3.41. The first-order valence-electron chi connectivity index (χ1n) is 5.19. The van der Waals surface area contributed by atoms with Gasteiger partial charge in [0.1, 0.15) is 10.9 Å². The van der Waals surface area contributed by atoms with Gasteiger partial charge in [-0.1, -0.05) is 0 Å². The normalized spacial score (nSPS) is 10.5. The summed E-state index contributed by atoms with van der Waals surface area (Å²) in [7, 11) is 1.55. The van der Waals surface area contributed by atoms with Gasteiger partial charge in [-0.15, -0.1) is 12.4 Å². The predicted octanol–water partition coefficient (Wildman–Crippen LogP) is 0.536. The minimum absolute atomic E-state index is 0. The van der Waals surface area contributed by atoms with Crippen molar-refractivity contribution in [2.75, 3.05) is 19.0 Å². The molecule has 106 valence electrons. The second kappa shape index (κ2) is 8.11. The van der Waals surface area contributed by atoms with Crippen molar-refractivity contribution in [3.8, 4) is 5.75 Å². The fourth-order valence-electron chi connectivity index (χ4n) is 1.43. The van der Waals surface area contributed by atoms with Crippen LogP contribution >= 0.6 is 12.4 Å². The number of hydrogen-bond donors (Lipinski definition) is 3. The Hall–Kier alpha value is -2.06. The maximum absolute atomic E-state index is 10.2. The predicted molar refractivity (Wildman–Crippen MR) is 75.2 cm³/mol. The van der Waals surface area contributed by atoms with E-state index in [4.69, 9.17) is 16.2 Å². The van der Waals surface area contributed by atoms with Gasteiger partial charge in [-0.25, -0.2) is 10.1 Å². The topological polar surface area (TPSA) is 129 Å². The third-order valence-corrected chi connectivity index (χ3v) is 2.18. The molecule has 8 nitrogen and oxygen atoms in total. The van der Waals surface area contributed by atoms with E-state index in [1.54, 1.807) is 25.3 Å². The zero-order valence-corrected chi connectivity index (χ0v) is 11.1. The van der Waals surface area contributed by atoms with Crippen molar-refractivity contribution in [2.45, 2.75) is 6.42 Å². The molecule has 0 unspecified atom stereocenters.